The van der Waals surface area contributed by atoms with Gasteiger partial charge in [0, 0.05) is 6.04 Å². The van der Waals surface area contributed by atoms with Gasteiger partial charge in [0.15, 0.2) is 0 Å². The van der Waals surface area contributed by atoms with Crippen molar-refractivity contribution >= 4 is 0 Å². The van der Waals surface area contributed by atoms with Crippen molar-refractivity contribution in [3.8, 4) is 0 Å². The molecule has 0 aromatic rings. The average molecular weight is 158 g/mol. The SMILES string of the molecule is CCC(NC(C)[O])C(C)(C)C. The molecule has 0 aliphatic rings. The maximum atomic E-state index is 10.8. The first-order chi connectivity index (χ1) is 4.88. The smallest absolute Gasteiger partial charge is 0.141 e. The second-order valence-corrected chi connectivity index (χ2v) is 4.14. The highest BCUT2D eigenvalue weighted by atomic mass is 16.3. The summed E-state index contributed by atoms with van der Waals surface area (Å²) in [5, 5.41) is 13.8. The summed E-state index contributed by atoms with van der Waals surface area (Å²) in [7, 11) is 0. The summed E-state index contributed by atoms with van der Waals surface area (Å²) >= 11 is 0. The zero-order valence-corrected chi connectivity index (χ0v) is 8.27. The third-order valence-corrected chi connectivity index (χ3v) is 1.89. The number of nitrogens with one attached hydrogen (secondary N) is 1. The van der Waals surface area contributed by atoms with E-state index in [1.54, 1.807) is 6.92 Å². The number of hydrogen-bond acceptors (Lipinski definition) is 1. The van der Waals surface area contributed by atoms with Crippen LogP contribution in [0.4, 0.5) is 0 Å². The first kappa shape index (κ1) is 10.9. The fraction of sp³-hybridized carbons (Fsp3) is 1.00. The van der Waals surface area contributed by atoms with Crippen LogP contribution in [0.25, 0.3) is 0 Å². The van der Waals surface area contributed by atoms with E-state index in [1.165, 1.54) is 0 Å². The second kappa shape index (κ2) is 4.07. The Labute approximate surface area is 70.0 Å². The van der Waals surface area contributed by atoms with Crippen molar-refractivity contribution in [3.63, 3.8) is 0 Å². The Hall–Kier alpha value is -0.0800. The minimum absolute atomic E-state index is 0.188. The van der Waals surface area contributed by atoms with Gasteiger partial charge in [-0.15, -0.1) is 0 Å². The molecule has 0 aromatic heterocycles. The van der Waals surface area contributed by atoms with Crippen LogP contribution < -0.4 is 5.32 Å². The molecule has 2 nitrogen and oxygen atoms in total. The van der Waals surface area contributed by atoms with Crippen LogP contribution in [0.1, 0.15) is 41.0 Å². The van der Waals surface area contributed by atoms with E-state index < -0.39 is 6.23 Å². The van der Waals surface area contributed by atoms with Crippen molar-refractivity contribution in [2.75, 3.05) is 0 Å². The van der Waals surface area contributed by atoms with E-state index >= 15 is 0 Å². The molecule has 0 aliphatic heterocycles. The Morgan fingerprint density at radius 3 is 1.91 bits per heavy atom. The van der Waals surface area contributed by atoms with Crippen molar-refractivity contribution in [1.29, 1.82) is 0 Å². The fourth-order valence-corrected chi connectivity index (χ4v) is 1.26. The van der Waals surface area contributed by atoms with Gasteiger partial charge in [-0.1, -0.05) is 27.7 Å². The monoisotopic (exact) mass is 158 g/mol. The largest absolute Gasteiger partial charge is 0.286 e. The van der Waals surface area contributed by atoms with E-state index in [1.807, 2.05) is 0 Å². The highest BCUT2D eigenvalue weighted by Crippen LogP contribution is 2.21. The van der Waals surface area contributed by atoms with Crippen LogP contribution in [0.5, 0.6) is 0 Å². The topological polar surface area (TPSA) is 31.9 Å². The Morgan fingerprint density at radius 1 is 1.36 bits per heavy atom. The van der Waals surface area contributed by atoms with Crippen LogP contribution in [0.15, 0.2) is 0 Å². The molecule has 1 radical (unpaired) electrons. The van der Waals surface area contributed by atoms with E-state index in [4.69, 9.17) is 0 Å². The highest BCUT2D eigenvalue weighted by Gasteiger charge is 2.23. The number of rotatable bonds is 3. The summed E-state index contributed by atoms with van der Waals surface area (Å²) in [6, 6.07) is 0.329. The Kier molecular flexibility index (Phi) is 4.04. The summed E-state index contributed by atoms with van der Waals surface area (Å²) < 4.78 is 0. The first-order valence-electron chi connectivity index (χ1n) is 4.29. The Balaban J connectivity index is 3.96. The van der Waals surface area contributed by atoms with Gasteiger partial charge in [-0.05, 0) is 18.8 Å². The molecule has 0 heterocycles. The van der Waals surface area contributed by atoms with Gasteiger partial charge in [-0.2, -0.15) is 0 Å². The van der Waals surface area contributed by atoms with Gasteiger partial charge in [0.2, 0.25) is 0 Å². The zero-order chi connectivity index (χ0) is 9.07. The molecule has 2 unspecified atom stereocenters. The van der Waals surface area contributed by atoms with Crippen molar-refractivity contribution in [1.82, 2.24) is 5.32 Å². The molecule has 0 amide bonds. The molecular formula is C9H20NO. The first-order valence-corrected chi connectivity index (χ1v) is 4.29. The van der Waals surface area contributed by atoms with Crippen molar-refractivity contribution < 1.29 is 5.11 Å². The van der Waals surface area contributed by atoms with E-state index in [9.17, 15) is 5.11 Å². The maximum Gasteiger partial charge on any atom is 0.141 e. The molecule has 1 N–H and O–H groups in total. The summed E-state index contributed by atoms with van der Waals surface area (Å²) in [6.45, 7) is 10.2. The maximum absolute atomic E-state index is 10.8. The lowest BCUT2D eigenvalue weighted by molar-refractivity contribution is 0.0453. The Morgan fingerprint density at radius 2 is 1.82 bits per heavy atom. The van der Waals surface area contributed by atoms with Gasteiger partial charge in [0.05, 0.1) is 0 Å². The normalized spacial score (nSPS) is 18.0. The highest BCUT2D eigenvalue weighted by molar-refractivity contribution is 4.78. The molecule has 0 spiro atoms. The molecule has 0 aromatic carbocycles. The lowest BCUT2D eigenvalue weighted by atomic mass is 9.85. The minimum Gasteiger partial charge on any atom is -0.286 e. The predicted octanol–water partition coefficient (Wildman–Crippen LogP) is 2.18. The van der Waals surface area contributed by atoms with Crippen LogP contribution in [-0.4, -0.2) is 12.3 Å². The van der Waals surface area contributed by atoms with Gasteiger partial charge in [-0.25, -0.2) is 5.11 Å². The van der Waals surface area contributed by atoms with Gasteiger partial charge < -0.3 is 0 Å². The fourth-order valence-electron chi connectivity index (χ4n) is 1.26. The van der Waals surface area contributed by atoms with Crippen LogP contribution in [0, 0.1) is 5.41 Å². The third-order valence-electron chi connectivity index (χ3n) is 1.89. The van der Waals surface area contributed by atoms with Crippen LogP contribution in [0.3, 0.4) is 0 Å². The third kappa shape index (κ3) is 4.38. The van der Waals surface area contributed by atoms with E-state index in [0.717, 1.165) is 6.42 Å². The van der Waals surface area contributed by atoms with Crippen LogP contribution in [-0.2, 0) is 5.11 Å². The molecule has 0 bridgehead atoms. The molecule has 67 valence electrons. The van der Waals surface area contributed by atoms with Crippen molar-refractivity contribution in [2.45, 2.75) is 53.3 Å². The van der Waals surface area contributed by atoms with Crippen molar-refractivity contribution in [2.24, 2.45) is 5.41 Å². The van der Waals surface area contributed by atoms with E-state index in [-0.39, 0.29) is 5.41 Å². The van der Waals surface area contributed by atoms with Crippen LogP contribution >= 0.6 is 0 Å². The zero-order valence-electron chi connectivity index (χ0n) is 8.27. The molecule has 0 aliphatic carbocycles. The average Bonchev–Trinajstić information content (AvgIpc) is 1.79. The summed E-state index contributed by atoms with van der Waals surface area (Å²) in [5.41, 5.74) is 0.188. The summed E-state index contributed by atoms with van der Waals surface area (Å²) in [6.07, 6.45) is 0.356. The van der Waals surface area contributed by atoms with Gasteiger partial charge in [0.1, 0.15) is 6.23 Å². The van der Waals surface area contributed by atoms with E-state index in [2.05, 4.69) is 33.0 Å². The summed E-state index contributed by atoms with van der Waals surface area (Å²) in [5.74, 6) is 0. The molecule has 11 heavy (non-hydrogen) atoms. The predicted molar refractivity (Wildman–Crippen MR) is 46.8 cm³/mol. The van der Waals surface area contributed by atoms with Gasteiger partial charge in [-0.3, -0.25) is 5.32 Å². The van der Waals surface area contributed by atoms with Crippen LogP contribution in [0.2, 0.25) is 0 Å². The molecule has 0 saturated heterocycles. The van der Waals surface area contributed by atoms with Gasteiger partial charge >= 0.3 is 0 Å². The van der Waals surface area contributed by atoms with E-state index in [0.29, 0.717) is 6.04 Å². The number of hydrogen-bond donors (Lipinski definition) is 1. The standard InChI is InChI=1S/C9H20NO/c1-6-8(9(3,4)5)10-7(2)11/h7-8,10H,6H2,1-5H3. The Bertz CT molecular complexity index is 105. The molecule has 0 saturated carbocycles. The lowest BCUT2D eigenvalue weighted by Gasteiger charge is -2.31. The van der Waals surface area contributed by atoms with Crippen molar-refractivity contribution in [3.05, 3.63) is 0 Å². The molecule has 2 atom stereocenters. The van der Waals surface area contributed by atoms with Gasteiger partial charge in [0.25, 0.3) is 0 Å². The molecule has 0 fully saturated rings. The molecule has 2 heteroatoms. The minimum atomic E-state index is -0.654. The quantitative estimate of drug-likeness (QED) is 0.627. The molecule has 0 rings (SSSR count). The second-order valence-electron chi connectivity index (χ2n) is 4.14. The summed E-state index contributed by atoms with van der Waals surface area (Å²) in [4.78, 5) is 0. The molecular weight excluding hydrogens is 138 g/mol. The lowest BCUT2D eigenvalue weighted by Crippen LogP contribution is -2.43.